The van der Waals surface area contributed by atoms with Crippen molar-refractivity contribution >= 4 is 32.5 Å². The quantitative estimate of drug-likeness (QED) is 0.537. The maximum absolute atomic E-state index is 13.3. The molecule has 3 aromatic rings. The number of carbonyl (C=O) groups is 1. The summed E-state index contributed by atoms with van der Waals surface area (Å²) < 4.78 is 40.9. The molecule has 0 fully saturated rings. The van der Waals surface area contributed by atoms with Crippen molar-refractivity contribution in [3.05, 3.63) is 70.3 Å². The molecule has 1 aromatic heterocycles. The van der Waals surface area contributed by atoms with Gasteiger partial charge in [0.15, 0.2) is 0 Å². The van der Waals surface area contributed by atoms with Crippen molar-refractivity contribution in [1.82, 2.24) is 10.3 Å². The zero-order chi connectivity index (χ0) is 23.5. The Morgan fingerprint density at radius 3 is 2.47 bits per heavy atom. The molecule has 0 aliphatic carbocycles. The van der Waals surface area contributed by atoms with E-state index in [0.717, 1.165) is 10.7 Å². The summed E-state index contributed by atoms with van der Waals surface area (Å²) in [5.74, 6) is -0.581. The zero-order valence-corrected chi connectivity index (χ0v) is 19.0. The van der Waals surface area contributed by atoms with Crippen LogP contribution in [0.15, 0.2) is 58.4 Å². The lowest BCUT2D eigenvalue weighted by molar-refractivity contribution is 0.0951. The molecule has 0 bridgehead atoms. The van der Waals surface area contributed by atoms with E-state index in [0.29, 0.717) is 23.7 Å². The van der Waals surface area contributed by atoms with Gasteiger partial charge in [-0.2, -0.15) is 0 Å². The highest BCUT2D eigenvalue weighted by molar-refractivity contribution is 7.92. The Balaban J connectivity index is 2.00. The normalized spacial score (nSPS) is 11.7. The molecule has 32 heavy (non-hydrogen) atoms. The molecule has 2 N–H and O–H groups in total. The summed E-state index contributed by atoms with van der Waals surface area (Å²) in [6.07, 6.45) is 2.11. The fourth-order valence-electron chi connectivity index (χ4n) is 3.32. The minimum atomic E-state index is -4.02. The largest absolute Gasteiger partial charge is 0.360 e. The molecule has 2 aromatic carbocycles. The van der Waals surface area contributed by atoms with Gasteiger partial charge in [-0.15, -0.1) is 0 Å². The second-order valence-corrected chi connectivity index (χ2v) is 9.69. The predicted molar refractivity (Wildman–Crippen MR) is 123 cm³/mol. The molecule has 3 rings (SSSR count). The number of fused-ring (bicyclic) bond motifs is 1. The minimum Gasteiger partial charge on any atom is -0.360 e. The van der Waals surface area contributed by atoms with E-state index in [1.54, 1.807) is 6.92 Å². The lowest BCUT2D eigenvalue weighted by atomic mass is 10.1. The number of amides is 1. The number of anilines is 1. The number of halogens is 1. The lowest BCUT2D eigenvalue weighted by Gasteiger charge is -2.23. The van der Waals surface area contributed by atoms with Gasteiger partial charge in [0.1, 0.15) is 11.4 Å². The highest BCUT2D eigenvalue weighted by Gasteiger charge is 2.25. The van der Waals surface area contributed by atoms with E-state index in [2.05, 4.69) is 10.3 Å². The van der Waals surface area contributed by atoms with E-state index >= 15 is 0 Å². The average molecular weight is 460 g/mol. The van der Waals surface area contributed by atoms with Gasteiger partial charge >= 0.3 is 0 Å². The Morgan fingerprint density at radius 2 is 1.84 bits per heavy atom. The average Bonchev–Trinajstić information content (AvgIpc) is 2.75. The molecular weight excluding hydrogens is 433 g/mol. The number of benzene rings is 2. The van der Waals surface area contributed by atoms with Gasteiger partial charge in [0, 0.05) is 30.2 Å². The topological polar surface area (TPSA) is 99.3 Å². The van der Waals surface area contributed by atoms with Crippen LogP contribution in [0.1, 0.15) is 37.6 Å². The van der Waals surface area contributed by atoms with E-state index in [1.807, 2.05) is 13.8 Å². The molecule has 0 unspecified atom stereocenters. The van der Waals surface area contributed by atoms with Crippen LogP contribution in [0, 0.1) is 11.7 Å². The summed E-state index contributed by atoms with van der Waals surface area (Å²) >= 11 is 0. The van der Waals surface area contributed by atoms with Crippen molar-refractivity contribution in [1.29, 1.82) is 0 Å². The van der Waals surface area contributed by atoms with Crippen LogP contribution in [-0.4, -0.2) is 32.4 Å². The SMILES string of the molecule is CCN(c1ccc(F)cc1)S(=O)(=O)c1ccc2[nH]cc(C(=O)NCCC(C)C)c(=O)c2c1. The van der Waals surface area contributed by atoms with Gasteiger partial charge in [0.05, 0.1) is 10.6 Å². The van der Waals surface area contributed by atoms with Crippen molar-refractivity contribution in [3.63, 3.8) is 0 Å². The summed E-state index contributed by atoms with van der Waals surface area (Å²) in [6, 6.07) is 9.27. The number of aromatic nitrogens is 1. The van der Waals surface area contributed by atoms with Crippen molar-refractivity contribution < 1.29 is 17.6 Å². The van der Waals surface area contributed by atoms with Crippen molar-refractivity contribution in [2.24, 2.45) is 5.92 Å². The fraction of sp³-hybridized carbons (Fsp3) is 0.304. The van der Waals surface area contributed by atoms with Gasteiger partial charge < -0.3 is 10.3 Å². The maximum atomic E-state index is 13.3. The molecule has 7 nitrogen and oxygen atoms in total. The second-order valence-electron chi connectivity index (χ2n) is 7.82. The summed E-state index contributed by atoms with van der Waals surface area (Å²) in [6.45, 7) is 6.27. The van der Waals surface area contributed by atoms with Gasteiger partial charge in [-0.05, 0) is 61.7 Å². The molecule has 0 saturated heterocycles. The second kappa shape index (κ2) is 9.52. The number of aromatic amines is 1. The molecule has 170 valence electrons. The van der Waals surface area contributed by atoms with E-state index in [1.165, 1.54) is 48.7 Å². The summed E-state index contributed by atoms with van der Waals surface area (Å²) in [7, 11) is -4.02. The van der Waals surface area contributed by atoms with Crippen molar-refractivity contribution in [3.8, 4) is 0 Å². The number of carbonyl (C=O) groups excluding carboxylic acids is 1. The molecule has 0 atom stereocenters. The number of nitrogens with one attached hydrogen (secondary N) is 2. The number of pyridine rings is 1. The third-order valence-electron chi connectivity index (χ3n) is 5.09. The molecule has 0 radical (unpaired) electrons. The Morgan fingerprint density at radius 1 is 1.16 bits per heavy atom. The lowest BCUT2D eigenvalue weighted by Crippen LogP contribution is -2.31. The number of hydrogen-bond acceptors (Lipinski definition) is 4. The number of H-pyrrole nitrogens is 1. The van der Waals surface area contributed by atoms with Crippen LogP contribution in [0.3, 0.4) is 0 Å². The third-order valence-corrected chi connectivity index (χ3v) is 6.99. The van der Waals surface area contributed by atoms with Crippen molar-refractivity contribution in [2.45, 2.75) is 32.1 Å². The van der Waals surface area contributed by atoms with Gasteiger partial charge in [-0.3, -0.25) is 13.9 Å². The van der Waals surface area contributed by atoms with Gasteiger partial charge in [0.25, 0.3) is 15.9 Å². The first kappa shape index (κ1) is 23.5. The summed E-state index contributed by atoms with van der Waals surface area (Å²) in [5.41, 5.74) is 0.0862. The van der Waals surface area contributed by atoms with Crippen LogP contribution in [0.2, 0.25) is 0 Å². The van der Waals surface area contributed by atoms with Crippen LogP contribution < -0.4 is 15.1 Å². The summed E-state index contributed by atoms with van der Waals surface area (Å²) in [5, 5.41) is 2.81. The molecule has 0 aliphatic heterocycles. The first-order valence-corrected chi connectivity index (χ1v) is 11.8. The molecule has 1 heterocycles. The van der Waals surface area contributed by atoms with Crippen LogP contribution >= 0.6 is 0 Å². The molecule has 1 amide bonds. The number of sulfonamides is 1. The highest BCUT2D eigenvalue weighted by atomic mass is 32.2. The summed E-state index contributed by atoms with van der Waals surface area (Å²) in [4.78, 5) is 28.2. The van der Waals surface area contributed by atoms with Gasteiger partial charge in [0.2, 0.25) is 5.43 Å². The predicted octanol–water partition coefficient (Wildman–Crippen LogP) is 3.66. The minimum absolute atomic E-state index is 0.0818. The van der Waals surface area contributed by atoms with Gasteiger partial charge in [-0.1, -0.05) is 13.8 Å². The highest BCUT2D eigenvalue weighted by Crippen LogP contribution is 2.25. The molecule has 0 spiro atoms. The molecule has 0 saturated carbocycles. The molecule has 9 heteroatoms. The Bertz CT molecular complexity index is 1280. The van der Waals surface area contributed by atoms with Gasteiger partial charge in [-0.25, -0.2) is 12.8 Å². The van der Waals surface area contributed by atoms with Crippen LogP contribution in [0.5, 0.6) is 0 Å². The van der Waals surface area contributed by atoms with Crippen LogP contribution in [-0.2, 0) is 10.0 Å². The van der Waals surface area contributed by atoms with Crippen LogP contribution in [0.4, 0.5) is 10.1 Å². The standard InChI is InChI=1S/C23H26FN3O4S/c1-4-27(17-7-5-16(24)6-8-17)32(30,31)18-9-10-21-19(13-18)22(28)20(14-26-21)23(29)25-12-11-15(2)3/h5-10,13-15H,4,11-12H2,1-3H3,(H,25,29)(H,26,28). The third kappa shape index (κ3) is 4.83. The maximum Gasteiger partial charge on any atom is 0.264 e. The number of rotatable bonds is 8. The number of hydrogen-bond donors (Lipinski definition) is 2. The molecular formula is C23H26FN3O4S. The fourth-order valence-corrected chi connectivity index (χ4v) is 4.82. The Labute approximate surface area is 186 Å². The van der Waals surface area contributed by atoms with E-state index in [4.69, 9.17) is 0 Å². The monoisotopic (exact) mass is 459 g/mol. The first-order valence-electron chi connectivity index (χ1n) is 10.4. The smallest absolute Gasteiger partial charge is 0.264 e. The van der Waals surface area contributed by atoms with E-state index in [-0.39, 0.29) is 22.4 Å². The molecule has 0 aliphatic rings. The van der Waals surface area contributed by atoms with E-state index in [9.17, 15) is 22.4 Å². The number of nitrogens with zero attached hydrogens (tertiary/aromatic N) is 1. The van der Waals surface area contributed by atoms with E-state index < -0.39 is 27.2 Å². The first-order chi connectivity index (χ1) is 15.1. The van der Waals surface area contributed by atoms with Crippen molar-refractivity contribution in [2.75, 3.05) is 17.4 Å². The Hall–Kier alpha value is -3.20. The zero-order valence-electron chi connectivity index (χ0n) is 18.2. The Kier molecular flexibility index (Phi) is 6.98. The van der Waals surface area contributed by atoms with Crippen LogP contribution in [0.25, 0.3) is 10.9 Å².